The van der Waals surface area contributed by atoms with Crippen LogP contribution in [0.15, 0.2) is 0 Å². The topological polar surface area (TPSA) is 43.4 Å². The Kier molecular flexibility index (Phi) is 4.54. The number of alkyl halides is 2. The summed E-state index contributed by atoms with van der Waals surface area (Å²) in [6, 6.07) is 0. The number of halogens is 3. The summed E-state index contributed by atoms with van der Waals surface area (Å²) >= 11 is 0. The van der Waals surface area contributed by atoms with Gasteiger partial charge in [0.2, 0.25) is 9.05 Å². The molecule has 1 atom stereocenters. The monoisotopic (exact) mass is 276 g/mol. The lowest BCUT2D eigenvalue weighted by atomic mass is 10.1. The molecule has 0 amide bonds. The van der Waals surface area contributed by atoms with E-state index < -0.39 is 21.6 Å². The van der Waals surface area contributed by atoms with Crippen LogP contribution in [0.1, 0.15) is 19.8 Å². The maximum Gasteiger partial charge on any atom is 0.268 e. The molecule has 0 spiro atoms. The van der Waals surface area contributed by atoms with Crippen LogP contribution in [0.25, 0.3) is 0 Å². The second-order valence-electron chi connectivity index (χ2n) is 4.39. The standard InChI is InChI=1S/C9H15ClF2O3S/c1-9(11,12)6-15-4-8(7-2-3-7)5-16(10,13)14/h7-8H,2-6H2,1H3. The van der Waals surface area contributed by atoms with E-state index in [1.165, 1.54) is 0 Å². The van der Waals surface area contributed by atoms with E-state index in [1.807, 2.05) is 0 Å². The van der Waals surface area contributed by atoms with Crippen LogP contribution in [0, 0.1) is 11.8 Å². The maximum absolute atomic E-state index is 12.5. The molecular formula is C9H15ClF2O3S. The Balaban J connectivity index is 2.35. The van der Waals surface area contributed by atoms with Gasteiger partial charge in [0.25, 0.3) is 5.92 Å². The van der Waals surface area contributed by atoms with Crippen LogP contribution in [0.2, 0.25) is 0 Å². The van der Waals surface area contributed by atoms with E-state index in [0.29, 0.717) is 0 Å². The first-order chi connectivity index (χ1) is 7.17. The lowest BCUT2D eigenvalue weighted by Gasteiger charge is -2.16. The Morgan fingerprint density at radius 1 is 1.50 bits per heavy atom. The van der Waals surface area contributed by atoms with Gasteiger partial charge in [0, 0.05) is 23.5 Å². The summed E-state index contributed by atoms with van der Waals surface area (Å²) in [7, 11) is 1.55. The third kappa shape index (κ3) is 6.60. The molecular weight excluding hydrogens is 262 g/mol. The average Bonchev–Trinajstić information content (AvgIpc) is 2.78. The first-order valence-electron chi connectivity index (χ1n) is 5.05. The van der Waals surface area contributed by atoms with E-state index in [9.17, 15) is 17.2 Å². The quantitative estimate of drug-likeness (QED) is 0.670. The molecule has 1 fully saturated rings. The molecule has 1 rings (SSSR count). The van der Waals surface area contributed by atoms with Crippen molar-refractivity contribution in [3.05, 3.63) is 0 Å². The van der Waals surface area contributed by atoms with E-state index >= 15 is 0 Å². The van der Waals surface area contributed by atoms with E-state index in [0.717, 1.165) is 19.8 Å². The van der Waals surface area contributed by atoms with Gasteiger partial charge in [-0.05, 0) is 18.8 Å². The molecule has 3 nitrogen and oxygen atoms in total. The fraction of sp³-hybridized carbons (Fsp3) is 1.00. The molecule has 1 aliphatic carbocycles. The van der Waals surface area contributed by atoms with Gasteiger partial charge >= 0.3 is 0 Å². The molecule has 1 unspecified atom stereocenters. The summed E-state index contributed by atoms with van der Waals surface area (Å²) in [5.74, 6) is -3.09. The molecule has 0 aromatic carbocycles. The lowest BCUT2D eigenvalue weighted by Crippen LogP contribution is -2.25. The Labute approximate surface area is 98.5 Å². The van der Waals surface area contributed by atoms with Crippen LogP contribution in [-0.4, -0.2) is 33.3 Å². The molecule has 0 radical (unpaired) electrons. The van der Waals surface area contributed by atoms with Crippen LogP contribution in [0.4, 0.5) is 8.78 Å². The van der Waals surface area contributed by atoms with Gasteiger partial charge in [0.1, 0.15) is 6.61 Å². The minimum Gasteiger partial charge on any atom is -0.375 e. The van der Waals surface area contributed by atoms with Crippen molar-refractivity contribution in [3.63, 3.8) is 0 Å². The lowest BCUT2D eigenvalue weighted by molar-refractivity contribution is -0.0692. The zero-order valence-electron chi connectivity index (χ0n) is 8.96. The van der Waals surface area contributed by atoms with Gasteiger partial charge in [-0.25, -0.2) is 17.2 Å². The van der Waals surface area contributed by atoms with Gasteiger partial charge in [-0.1, -0.05) is 0 Å². The van der Waals surface area contributed by atoms with Gasteiger partial charge < -0.3 is 4.74 Å². The van der Waals surface area contributed by atoms with Crippen molar-refractivity contribution in [1.82, 2.24) is 0 Å². The summed E-state index contributed by atoms with van der Waals surface area (Å²) in [5.41, 5.74) is 0. The van der Waals surface area contributed by atoms with Crippen LogP contribution in [-0.2, 0) is 13.8 Å². The Bertz CT molecular complexity index is 322. The fourth-order valence-electron chi connectivity index (χ4n) is 1.53. The maximum atomic E-state index is 12.5. The van der Waals surface area contributed by atoms with Crippen molar-refractivity contribution >= 4 is 19.7 Å². The Morgan fingerprint density at radius 3 is 2.44 bits per heavy atom. The smallest absolute Gasteiger partial charge is 0.268 e. The van der Waals surface area contributed by atoms with Crippen molar-refractivity contribution in [2.24, 2.45) is 11.8 Å². The summed E-state index contributed by atoms with van der Waals surface area (Å²) in [5, 5.41) is 0. The van der Waals surface area contributed by atoms with Gasteiger partial charge in [0.15, 0.2) is 0 Å². The molecule has 1 saturated carbocycles. The van der Waals surface area contributed by atoms with Crippen LogP contribution < -0.4 is 0 Å². The highest BCUT2D eigenvalue weighted by Crippen LogP contribution is 2.38. The fourth-order valence-corrected chi connectivity index (χ4v) is 2.90. The van der Waals surface area contributed by atoms with Crippen LogP contribution >= 0.6 is 10.7 Å². The Morgan fingerprint density at radius 2 is 2.06 bits per heavy atom. The zero-order chi connectivity index (χ0) is 12.4. The second-order valence-corrected chi connectivity index (χ2v) is 7.21. The molecule has 0 heterocycles. The predicted octanol–water partition coefficient (Wildman–Crippen LogP) is 2.25. The second kappa shape index (κ2) is 5.14. The van der Waals surface area contributed by atoms with Crippen molar-refractivity contribution in [2.45, 2.75) is 25.7 Å². The molecule has 1 aliphatic rings. The van der Waals surface area contributed by atoms with Crippen molar-refractivity contribution in [2.75, 3.05) is 19.0 Å². The zero-order valence-corrected chi connectivity index (χ0v) is 10.5. The first-order valence-corrected chi connectivity index (χ1v) is 7.53. The van der Waals surface area contributed by atoms with Gasteiger partial charge in [-0.3, -0.25) is 0 Å². The molecule has 0 saturated heterocycles. The van der Waals surface area contributed by atoms with Crippen molar-refractivity contribution < 1.29 is 21.9 Å². The normalized spacial score (nSPS) is 19.8. The van der Waals surface area contributed by atoms with E-state index in [-0.39, 0.29) is 24.2 Å². The summed E-state index contributed by atoms with van der Waals surface area (Å²) < 4.78 is 51.5. The summed E-state index contributed by atoms with van der Waals surface area (Å²) in [6.07, 6.45) is 1.84. The molecule has 0 aromatic heterocycles. The molecule has 16 heavy (non-hydrogen) atoms. The predicted molar refractivity (Wildman–Crippen MR) is 57.3 cm³/mol. The highest BCUT2D eigenvalue weighted by Gasteiger charge is 2.34. The minimum atomic E-state index is -3.59. The highest BCUT2D eigenvalue weighted by atomic mass is 35.7. The molecule has 7 heteroatoms. The SMILES string of the molecule is CC(F)(F)COCC(CS(=O)(=O)Cl)C1CC1. The van der Waals surface area contributed by atoms with Gasteiger partial charge in [-0.15, -0.1) is 0 Å². The summed E-state index contributed by atoms with van der Waals surface area (Å²) in [6.45, 7) is 0.107. The van der Waals surface area contributed by atoms with Gasteiger partial charge in [0.05, 0.1) is 12.4 Å². The van der Waals surface area contributed by atoms with E-state index in [2.05, 4.69) is 0 Å². The van der Waals surface area contributed by atoms with Gasteiger partial charge in [-0.2, -0.15) is 0 Å². The van der Waals surface area contributed by atoms with E-state index in [1.54, 1.807) is 0 Å². The first kappa shape index (κ1) is 14.1. The third-order valence-electron chi connectivity index (χ3n) is 2.39. The average molecular weight is 277 g/mol. The molecule has 0 aromatic rings. The van der Waals surface area contributed by atoms with Crippen LogP contribution in [0.3, 0.4) is 0 Å². The minimum absolute atomic E-state index is 0.0278. The number of ether oxygens (including phenoxy) is 1. The molecule has 0 bridgehead atoms. The van der Waals surface area contributed by atoms with Crippen LogP contribution in [0.5, 0.6) is 0 Å². The number of rotatable bonds is 7. The number of hydrogen-bond donors (Lipinski definition) is 0. The highest BCUT2D eigenvalue weighted by molar-refractivity contribution is 8.13. The Hall–Kier alpha value is 0.0600. The number of hydrogen-bond acceptors (Lipinski definition) is 3. The van der Waals surface area contributed by atoms with E-state index in [4.69, 9.17) is 15.4 Å². The molecule has 96 valence electrons. The summed E-state index contributed by atoms with van der Waals surface area (Å²) in [4.78, 5) is 0. The molecule has 0 N–H and O–H groups in total. The largest absolute Gasteiger partial charge is 0.375 e. The molecule has 0 aliphatic heterocycles. The third-order valence-corrected chi connectivity index (χ3v) is 3.59. The van der Waals surface area contributed by atoms with Crippen molar-refractivity contribution in [1.29, 1.82) is 0 Å². The van der Waals surface area contributed by atoms with Crippen molar-refractivity contribution in [3.8, 4) is 0 Å².